The third-order valence-corrected chi connectivity index (χ3v) is 5.16. The number of hydrogen-bond acceptors (Lipinski definition) is 5. The molecule has 1 aromatic carbocycles. The highest BCUT2D eigenvalue weighted by Crippen LogP contribution is 2.24. The minimum absolute atomic E-state index is 0.0765. The van der Waals surface area contributed by atoms with Crippen LogP contribution in [-0.4, -0.2) is 26.6 Å². The maximum Gasteiger partial charge on any atom is 0.235 e. The van der Waals surface area contributed by atoms with E-state index in [0.29, 0.717) is 22.3 Å². The number of rotatable bonds is 6. The first-order valence-corrected chi connectivity index (χ1v) is 9.56. The maximum atomic E-state index is 12.2. The molecule has 8 heteroatoms. The number of aromatic nitrogens is 3. The van der Waals surface area contributed by atoms with Gasteiger partial charge in [-0.05, 0) is 26.0 Å². The van der Waals surface area contributed by atoms with Gasteiger partial charge in [0, 0.05) is 35.0 Å². The lowest BCUT2D eigenvalue weighted by Gasteiger charge is -2.05. The van der Waals surface area contributed by atoms with Gasteiger partial charge in [-0.2, -0.15) is 5.10 Å². The van der Waals surface area contributed by atoms with Gasteiger partial charge in [0.05, 0.1) is 17.1 Å². The predicted octanol–water partition coefficient (Wildman–Crippen LogP) is 4.22. The van der Waals surface area contributed by atoms with Gasteiger partial charge >= 0.3 is 0 Å². The average Bonchev–Trinajstić information content (AvgIpc) is 3.12. The van der Waals surface area contributed by atoms with Crippen molar-refractivity contribution < 1.29 is 9.32 Å². The van der Waals surface area contributed by atoms with E-state index < -0.39 is 0 Å². The van der Waals surface area contributed by atoms with Crippen LogP contribution in [0.2, 0.25) is 5.02 Å². The van der Waals surface area contributed by atoms with Crippen LogP contribution < -0.4 is 5.32 Å². The Bertz CT molecular complexity index is 898. The van der Waals surface area contributed by atoms with Crippen molar-refractivity contribution in [2.75, 3.05) is 11.1 Å². The second-order valence-corrected chi connectivity index (χ2v) is 7.31. The molecule has 1 N–H and O–H groups in total. The van der Waals surface area contributed by atoms with Crippen molar-refractivity contribution in [3.63, 3.8) is 0 Å². The average molecular weight is 391 g/mol. The van der Waals surface area contributed by atoms with Crippen LogP contribution in [0, 0.1) is 13.8 Å². The fourth-order valence-corrected chi connectivity index (χ4v) is 3.58. The summed E-state index contributed by atoms with van der Waals surface area (Å²) in [5, 5.41) is 11.9. The van der Waals surface area contributed by atoms with Crippen molar-refractivity contribution in [1.29, 1.82) is 0 Å². The molecular weight excluding hydrogens is 372 g/mol. The number of halogens is 1. The molecule has 3 rings (SSSR count). The fraction of sp³-hybridized carbons (Fsp3) is 0.278. The first kappa shape index (κ1) is 18.5. The minimum atomic E-state index is -0.0765. The molecule has 0 aliphatic rings. The van der Waals surface area contributed by atoms with E-state index >= 15 is 0 Å². The maximum absolute atomic E-state index is 12.2. The number of hydrogen-bond donors (Lipinski definition) is 1. The number of benzene rings is 1. The van der Waals surface area contributed by atoms with Crippen LogP contribution in [0.1, 0.15) is 17.0 Å². The Labute approximate surface area is 160 Å². The molecule has 0 spiro atoms. The Kier molecular flexibility index (Phi) is 5.68. The van der Waals surface area contributed by atoms with E-state index in [-0.39, 0.29) is 5.91 Å². The highest BCUT2D eigenvalue weighted by molar-refractivity contribution is 7.99. The molecule has 0 fully saturated rings. The Hall–Kier alpha value is -2.25. The summed E-state index contributed by atoms with van der Waals surface area (Å²) in [6.07, 6.45) is 0. The summed E-state index contributed by atoms with van der Waals surface area (Å²) in [4.78, 5) is 12.2. The third kappa shape index (κ3) is 4.28. The number of amides is 1. The number of aryl methyl sites for hydroxylation is 3. The van der Waals surface area contributed by atoms with Gasteiger partial charge < -0.3 is 9.84 Å². The summed E-state index contributed by atoms with van der Waals surface area (Å²) >= 11 is 7.44. The van der Waals surface area contributed by atoms with Crippen LogP contribution in [0.15, 0.2) is 34.9 Å². The third-order valence-electron chi connectivity index (χ3n) is 3.95. The fourth-order valence-electron chi connectivity index (χ4n) is 2.48. The number of anilines is 1. The minimum Gasteiger partial charge on any atom is -0.361 e. The van der Waals surface area contributed by atoms with Crippen LogP contribution in [0.5, 0.6) is 0 Å². The van der Waals surface area contributed by atoms with E-state index in [2.05, 4.69) is 15.6 Å². The summed E-state index contributed by atoms with van der Waals surface area (Å²) in [6, 6.07) is 9.27. The number of nitrogens with one attached hydrogen (secondary N) is 1. The largest absolute Gasteiger partial charge is 0.361 e. The van der Waals surface area contributed by atoms with Gasteiger partial charge in [0.1, 0.15) is 11.6 Å². The van der Waals surface area contributed by atoms with E-state index in [0.717, 1.165) is 28.3 Å². The Morgan fingerprint density at radius 1 is 1.31 bits per heavy atom. The van der Waals surface area contributed by atoms with Crippen molar-refractivity contribution in [3.05, 3.63) is 52.4 Å². The van der Waals surface area contributed by atoms with Crippen LogP contribution in [0.3, 0.4) is 0 Å². The Morgan fingerprint density at radius 2 is 2.04 bits per heavy atom. The van der Waals surface area contributed by atoms with Crippen LogP contribution in [0.4, 0.5) is 5.82 Å². The molecule has 2 heterocycles. The topological polar surface area (TPSA) is 73.0 Å². The lowest BCUT2D eigenvalue weighted by molar-refractivity contribution is -0.113. The highest BCUT2D eigenvalue weighted by atomic mass is 35.5. The van der Waals surface area contributed by atoms with Gasteiger partial charge in [-0.15, -0.1) is 11.8 Å². The molecule has 1 amide bonds. The quantitative estimate of drug-likeness (QED) is 0.682. The van der Waals surface area contributed by atoms with Gasteiger partial charge in [-0.1, -0.05) is 28.9 Å². The van der Waals surface area contributed by atoms with Gasteiger partial charge in [0.15, 0.2) is 0 Å². The molecule has 0 atom stereocenters. The van der Waals surface area contributed by atoms with Gasteiger partial charge in [-0.3, -0.25) is 9.48 Å². The van der Waals surface area contributed by atoms with Crippen molar-refractivity contribution in [3.8, 4) is 11.3 Å². The lowest BCUT2D eigenvalue weighted by atomic mass is 10.1. The molecule has 136 valence electrons. The molecule has 26 heavy (non-hydrogen) atoms. The molecule has 2 aromatic heterocycles. The van der Waals surface area contributed by atoms with Gasteiger partial charge in [0.2, 0.25) is 5.91 Å². The van der Waals surface area contributed by atoms with E-state index in [1.165, 1.54) is 11.8 Å². The summed E-state index contributed by atoms with van der Waals surface area (Å²) in [7, 11) is 1.80. The van der Waals surface area contributed by atoms with Crippen molar-refractivity contribution in [2.45, 2.75) is 19.6 Å². The van der Waals surface area contributed by atoms with E-state index in [4.69, 9.17) is 16.1 Å². The Morgan fingerprint density at radius 3 is 2.69 bits per heavy atom. The molecule has 0 bridgehead atoms. The zero-order valence-electron chi connectivity index (χ0n) is 14.7. The second-order valence-electron chi connectivity index (χ2n) is 5.89. The van der Waals surface area contributed by atoms with E-state index in [1.807, 2.05) is 44.2 Å². The number of carbonyl (C=O) groups is 1. The molecular formula is C18H19ClN4O2S. The SMILES string of the molecule is Cc1noc(C)c1CSCC(=O)Nc1cc(-c2ccc(Cl)cc2)nn1C. The van der Waals surface area contributed by atoms with Crippen LogP contribution >= 0.6 is 23.4 Å². The molecule has 0 saturated heterocycles. The van der Waals surface area contributed by atoms with Crippen LogP contribution in [-0.2, 0) is 17.6 Å². The normalized spacial score (nSPS) is 10.9. The molecule has 6 nitrogen and oxygen atoms in total. The number of nitrogens with zero attached hydrogens (tertiary/aromatic N) is 3. The highest BCUT2D eigenvalue weighted by Gasteiger charge is 2.12. The molecule has 0 radical (unpaired) electrons. The zero-order chi connectivity index (χ0) is 18.7. The standard InChI is InChI=1S/C18H19ClN4O2S/c1-11-15(12(2)25-22-11)9-26-10-18(24)20-17-8-16(21-23(17)3)13-4-6-14(19)7-5-13/h4-8H,9-10H2,1-3H3,(H,20,24). The molecule has 0 unspecified atom stereocenters. The van der Waals surface area contributed by atoms with E-state index in [9.17, 15) is 4.79 Å². The van der Waals surface area contributed by atoms with Crippen molar-refractivity contribution in [2.24, 2.45) is 7.05 Å². The van der Waals surface area contributed by atoms with Crippen LogP contribution in [0.25, 0.3) is 11.3 Å². The smallest absolute Gasteiger partial charge is 0.235 e. The second kappa shape index (κ2) is 7.97. The summed E-state index contributed by atoms with van der Waals surface area (Å²) in [6.45, 7) is 3.78. The monoisotopic (exact) mass is 390 g/mol. The van der Waals surface area contributed by atoms with Crippen molar-refractivity contribution >= 4 is 35.1 Å². The molecule has 0 aliphatic carbocycles. The molecule has 0 saturated carbocycles. The van der Waals surface area contributed by atoms with Gasteiger partial charge in [-0.25, -0.2) is 0 Å². The van der Waals surface area contributed by atoms with Crippen molar-refractivity contribution in [1.82, 2.24) is 14.9 Å². The zero-order valence-corrected chi connectivity index (χ0v) is 16.3. The molecule has 0 aliphatic heterocycles. The van der Waals surface area contributed by atoms with E-state index in [1.54, 1.807) is 11.7 Å². The first-order valence-electron chi connectivity index (χ1n) is 8.03. The van der Waals surface area contributed by atoms with Gasteiger partial charge in [0.25, 0.3) is 0 Å². The lowest BCUT2D eigenvalue weighted by Crippen LogP contribution is -2.16. The number of thioether (sulfide) groups is 1. The summed E-state index contributed by atoms with van der Waals surface area (Å²) in [5.41, 5.74) is 3.64. The molecule has 3 aromatic rings. The number of carbonyl (C=O) groups excluding carboxylic acids is 1. The first-order chi connectivity index (χ1) is 12.4. The summed E-state index contributed by atoms with van der Waals surface area (Å²) in [5.74, 6) is 2.40. The summed E-state index contributed by atoms with van der Waals surface area (Å²) < 4.78 is 6.79. The Balaban J connectivity index is 1.58. The predicted molar refractivity (Wildman–Crippen MR) is 104 cm³/mol.